The number of hydrogen-bond donors (Lipinski definition) is 0. The molecule has 0 aliphatic carbocycles. The number of piperidine rings is 1. The first-order valence-electron chi connectivity index (χ1n) is 6.20. The van der Waals surface area contributed by atoms with Crippen molar-refractivity contribution >= 4 is 33.0 Å². The molecule has 7 heteroatoms. The molecule has 0 unspecified atom stereocenters. The Kier molecular flexibility index (Phi) is 5.25. The van der Waals surface area contributed by atoms with Gasteiger partial charge in [0.25, 0.3) is 10.0 Å². The fourth-order valence-electron chi connectivity index (χ4n) is 2.24. The molecule has 1 saturated heterocycles. The molecule has 1 aromatic rings. The Labute approximate surface area is 123 Å². The molecule has 19 heavy (non-hydrogen) atoms. The third kappa shape index (κ3) is 3.49. The summed E-state index contributed by atoms with van der Waals surface area (Å²) in [5.41, 5.74) is 0.861. The van der Waals surface area contributed by atoms with Gasteiger partial charge in [-0.2, -0.15) is 4.31 Å². The normalized spacial score (nSPS) is 18.8. The zero-order chi connectivity index (χ0) is 13.9. The van der Waals surface area contributed by atoms with E-state index in [9.17, 15) is 8.42 Å². The average molecular weight is 324 g/mol. The fraction of sp³-hybridized carbons (Fsp3) is 0.667. The number of ether oxygens (including phenoxy) is 1. The van der Waals surface area contributed by atoms with Gasteiger partial charge in [0.05, 0.1) is 0 Å². The van der Waals surface area contributed by atoms with Crippen molar-refractivity contribution in [2.24, 2.45) is 5.92 Å². The standard InChI is InChI=1S/C12H18ClNO3S2/c1-17-8-10-2-4-14(5-3-10)19(15,16)12-6-11(7-13)9-18-12/h6,9-10H,2-5,7-8H2,1H3. The summed E-state index contributed by atoms with van der Waals surface area (Å²) >= 11 is 6.96. The molecule has 4 nitrogen and oxygen atoms in total. The summed E-state index contributed by atoms with van der Waals surface area (Å²) in [7, 11) is -1.65. The molecule has 1 fully saturated rings. The highest BCUT2D eigenvalue weighted by Gasteiger charge is 2.30. The van der Waals surface area contributed by atoms with Crippen LogP contribution in [-0.2, 0) is 20.6 Å². The third-order valence-corrected chi connectivity index (χ3v) is 7.03. The molecule has 0 N–H and O–H groups in total. The van der Waals surface area contributed by atoms with Crippen LogP contribution in [0.1, 0.15) is 18.4 Å². The minimum absolute atomic E-state index is 0.349. The molecule has 2 heterocycles. The van der Waals surface area contributed by atoms with Crippen molar-refractivity contribution in [2.45, 2.75) is 22.9 Å². The Morgan fingerprint density at radius 2 is 2.16 bits per heavy atom. The van der Waals surface area contributed by atoms with Gasteiger partial charge in [-0.1, -0.05) is 0 Å². The number of nitrogens with zero attached hydrogens (tertiary/aromatic N) is 1. The molecular formula is C12H18ClNO3S2. The number of sulfonamides is 1. The highest BCUT2D eigenvalue weighted by atomic mass is 35.5. The Morgan fingerprint density at radius 3 is 2.68 bits per heavy atom. The third-order valence-electron chi connectivity index (χ3n) is 3.35. The quantitative estimate of drug-likeness (QED) is 0.782. The van der Waals surface area contributed by atoms with Gasteiger partial charge in [-0.3, -0.25) is 0 Å². The number of methoxy groups -OCH3 is 1. The van der Waals surface area contributed by atoms with Crippen LogP contribution in [0.2, 0.25) is 0 Å². The first-order chi connectivity index (χ1) is 9.07. The molecule has 0 bridgehead atoms. The van der Waals surface area contributed by atoms with Gasteiger partial charge in [0.15, 0.2) is 0 Å². The molecule has 0 atom stereocenters. The lowest BCUT2D eigenvalue weighted by atomic mass is 9.99. The van der Waals surface area contributed by atoms with Crippen molar-refractivity contribution in [1.82, 2.24) is 4.31 Å². The minimum Gasteiger partial charge on any atom is -0.384 e. The minimum atomic E-state index is -3.34. The Morgan fingerprint density at radius 1 is 1.47 bits per heavy atom. The topological polar surface area (TPSA) is 46.6 Å². The van der Waals surface area contributed by atoms with Crippen LogP contribution < -0.4 is 0 Å². The first kappa shape index (κ1) is 15.3. The van der Waals surface area contributed by atoms with E-state index >= 15 is 0 Å². The van der Waals surface area contributed by atoms with E-state index in [4.69, 9.17) is 16.3 Å². The van der Waals surface area contributed by atoms with Crippen molar-refractivity contribution < 1.29 is 13.2 Å². The predicted molar refractivity (Wildman–Crippen MR) is 77.2 cm³/mol. The summed E-state index contributed by atoms with van der Waals surface area (Å²) in [6.07, 6.45) is 1.72. The zero-order valence-electron chi connectivity index (χ0n) is 10.8. The van der Waals surface area contributed by atoms with Gasteiger partial charge in [0.2, 0.25) is 0 Å². The van der Waals surface area contributed by atoms with Crippen LogP contribution in [0.5, 0.6) is 0 Å². The number of thiophene rings is 1. The van der Waals surface area contributed by atoms with Crippen LogP contribution in [0, 0.1) is 5.92 Å². The molecule has 0 saturated carbocycles. The van der Waals surface area contributed by atoms with Crippen molar-refractivity contribution in [3.05, 3.63) is 17.0 Å². The second-order valence-corrected chi connectivity index (χ2v) is 8.05. The van der Waals surface area contributed by atoms with E-state index in [-0.39, 0.29) is 0 Å². The molecule has 1 aliphatic rings. The second-order valence-electron chi connectivity index (χ2n) is 4.71. The largest absolute Gasteiger partial charge is 0.384 e. The van der Waals surface area contributed by atoms with Gasteiger partial charge in [-0.25, -0.2) is 8.42 Å². The van der Waals surface area contributed by atoms with Crippen LogP contribution >= 0.6 is 22.9 Å². The van der Waals surface area contributed by atoms with Crippen LogP contribution in [0.4, 0.5) is 0 Å². The van der Waals surface area contributed by atoms with Gasteiger partial charge in [0.1, 0.15) is 4.21 Å². The van der Waals surface area contributed by atoms with Gasteiger partial charge in [0, 0.05) is 32.7 Å². The van der Waals surface area contributed by atoms with Crippen molar-refractivity contribution in [2.75, 3.05) is 26.8 Å². The summed E-state index contributed by atoms with van der Waals surface area (Å²) in [5, 5.41) is 1.80. The number of hydrogen-bond acceptors (Lipinski definition) is 4. The Bertz CT molecular complexity index is 507. The Hall–Kier alpha value is -0.140. The van der Waals surface area contributed by atoms with Gasteiger partial charge in [-0.05, 0) is 35.8 Å². The van der Waals surface area contributed by atoms with Gasteiger partial charge in [-0.15, -0.1) is 22.9 Å². The van der Waals surface area contributed by atoms with E-state index in [1.807, 2.05) is 0 Å². The molecule has 1 aliphatic heterocycles. The van der Waals surface area contributed by atoms with Crippen LogP contribution in [0.3, 0.4) is 0 Å². The lowest BCUT2D eigenvalue weighted by Crippen LogP contribution is -2.39. The molecule has 1 aromatic heterocycles. The predicted octanol–water partition coefficient (Wildman–Crippen LogP) is 2.53. The van der Waals surface area contributed by atoms with Gasteiger partial charge >= 0.3 is 0 Å². The summed E-state index contributed by atoms with van der Waals surface area (Å²) < 4.78 is 32.0. The fourth-order valence-corrected chi connectivity index (χ4v) is 5.32. The molecule has 0 spiro atoms. The molecule has 0 radical (unpaired) electrons. The second kappa shape index (κ2) is 6.54. The van der Waals surface area contributed by atoms with E-state index in [0.717, 1.165) is 18.4 Å². The number of rotatable bonds is 5. The number of alkyl halides is 1. The lowest BCUT2D eigenvalue weighted by Gasteiger charge is -2.30. The van der Waals surface area contributed by atoms with Crippen molar-refractivity contribution in [3.8, 4) is 0 Å². The molecule has 2 rings (SSSR count). The van der Waals surface area contributed by atoms with E-state index in [2.05, 4.69) is 0 Å². The van der Waals surface area contributed by atoms with Crippen molar-refractivity contribution in [3.63, 3.8) is 0 Å². The average Bonchev–Trinajstić information content (AvgIpc) is 2.89. The van der Waals surface area contributed by atoms with Crippen molar-refractivity contribution in [1.29, 1.82) is 0 Å². The summed E-state index contributed by atoms with van der Waals surface area (Å²) in [6, 6.07) is 1.67. The van der Waals surface area contributed by atoms with Gasteiger partial charge < -0.3 is 4.74 Å². The maximum Gasteiger partial charge on any atom is 0.252 e. The van der Waals surface area contributed by atoms with Crippen LogP contribution in [-0.4, -0.2) is 39.5 Å². The SMILES string of the molecule is COCC1CCN(S(=O)(=O)c2cc(CCl)cs2)CC1. The highest BCUT2D eigenvalue weighted by Crippen LogP contribution is 2.28. The van der Waals surface area contributed by atoms with E-state index in [1.54, 1.807) is 22.9 Å². The van der Waals surface area contributed by atoms with Crippen LogP contribution in [0.15, 0.2) is 15.7 Å². The summed E-state index contributed by atoms with van der Waals surface area (Å²) in [5.74, 6) is 0.820. The highest BCUT2D eigenvalue weighted by molar-refractivity contribution is 7.91. The molecule has 108 valence electrons. The monoisotopic (exact) mass is 323 g/mol. The van der Waals surface area contributed by atoms with Crippen LogP contribution in [0.25, 0.3) is 0 Å². The maximum atomic E-state index is 12.4. The zero-order valence-corrected chi connectivity index (χ0v) is 13.2. The van der Waals surface area contributed by atoms with E-state index < -0.39 is 10.0 Å². The Balaban J connectivity index is 2.05. The van der Waals surface area contributed by atoms with E-state index in [0.29, 0.717) is 35.7 Å². The molecule has 0 aromatic carbocycles. The molecular weight excluding hydrogens is 306 g/mol. The number of halogens is 1. The smallest absolute Gasteiger partial charge is 0.252 e. The molecule has 0 amide bonds. The lowest BCUT2D eigenvalue weighted by molar-refractivity contribution is 0.121. The first-order valence-corrected chi connectivity index (χ1v) is 9.06. The summed E-state index contributed by atoms with van der Waals surface area (Å²) in [4.78, 5) is 0. The maximum absolute atomic E-state index is 12.4. The van der Waals surface area contributed by atoms with E-state index in [1.165, 1.54) is 11.3 Å². The summed E-state index contributed by atoms with van der Waals surface area (Å²) in [6.45, 7) is 1.86.